The molecule has 0 saturated carbocycles. The summed E-state index contributed by atoms with van der Waals surface area (Å²) in [7, 11) is 1.58. The van der Waals surface area contributed by atoms with Gasteiger partial charge in [-0.15, -0.1) is 0 Å². The van der Waals surface area contributed by atoms with Crippen LogP contribution in [0.2, 0.25) is 0 Å². The lowest BCUT2D eigenvalue weighted by atomic mass is 10.1. The van der Waals surface area contributed by atoms with E-state index in [1.165, 1.54) is 6.20 Å². The Kier molecular flexibility index (Phi) is 3.01. The van der Waals surface area contributed by atoms with Crippen molar-refractivity contribution >= 4 is 0 Å². The van der Waals surface area contributed by atoms with Gasteiger partial charge in [0.2, 0.25) is 0 Å². The van der Waals surface area contributed by atoms with Gasteiger partial charge in [0.1, 0.15) is 5.75 Å². The number of nitrogens with zero attached hydrogens (tertiary/aromatic N) is 1. The van der Waals surface area contributed by atoms with Crippen molar-refractivity contribution < 1.29 is 9.84 Å². The lowest BCUT2D eigenvalue weighted by Gasteiger charge is -2.09. The van der Waals surface area contributed by atoms with E-state index in [4.69, 9.17) is 15.6 Å². The molecule has 0 amide bonds. The van der Waals surface area contributed by atoms with Crippen LogP contribution in [0.25, 0.3) is 0 Å². The van der Waals surface area contributed by atoms with Gasteiger partial charge in [0, 0.05) is 13.3 Å². The second-order valence-electron chi connectivity index (χ2n) is 2.54. The van der Waals surface area contributed by atoms with Crippen molar-refractivity contribution in [2.24, 2.45) is 5.73 Å². The minimum absolute atomic E-state index is 0.124. The number of ether oxygens (including phenoxy) is 1. The molecule has 0 bridgehead atoms. The van der Waals surface area contributed by atoms with Gasteiger partial charge in [-0.05, 0) is 11.6 Å². The second kappa shape index (κ2) is 4.04. The molecule has 1 aromatic rings. The highest BCUT2D eigenvalue weighted by atomic mass is 16.5. The molecule has 3 N–H and O–H groups in total. The van der Waals surface area contributed by atoms with Crippen LogP contribution in [0.5, 0.6) is 5.75 Å². The SMILES string of the molecule is COCC(N)c1cncc(O)c1. The molecular formula is C8H12N2O2. The molecule has 0 saturated heterocycles. The summed E-state index contributed by atoms with van der Waals surface area (Å²) < 4.78 is 4.86. The average Bonchev–Trinajstić information content (AvgIpc) is 2.05. The van der Waals surface area contributed by atoms with Crippen LogP contribution < -0.4 is 5.73 Å². The lowest BCUT2D eigenvalue weighted by Crippen LogP contribution is -2.16. The minimum atomic E-state index is -0.227. The van der Waals surface area contributed by atoms with Gasteiger partial charge in [-0.3, -0.25) is 4.98 Å². The third-order valence-electron chi connectivity index (χ3n) is 1.52. The predicted octanol–water partition coefficient (Wildman–Crippen LogP) is 0.433. The van der Waals surface area contributed by atoms with Crippen molar-refractivity contribution in [3.8, 4) is 5.75 Å². The molecule has 1 unspecified atom stereocenters. The third kappa shape index (κ3) is 2.18. The molecular weight excluding hydrogens is 156 g/mol. The zero-order valence-corrected chi connectivity index (χ0v) is 6.90. The Hall–Kier alpha value is -1.13. The number of hydrogen-bond acceptors (Lipinski definition) is 4. The van der Waals surface area contributed by atoms with Crippen LogP contribution in [0.3, 0.4) is 0 Å². The molecule has 0 aliphatic carbocycles. The molecule has 0 spiro atoms. The molecule has 0 radical (unpaired) electrons. The van der Waals surface area contributed by atoms with Crippen LogP contribution in [-0.2, 0) is 4.74 Å². The zero-order chi connectivity index (χ0) is 8.97. The number of nitrogens with two attached hydrogens (primary N) is 1. The van der Waals surface area contributed by atoms with Crippen LogP contribution in [0.15, 0.2) is 18.5 Å². The van der Waals surface area contributed by atoms with Gasteiger partial charge in [-0.25, -0.2) is 0 Å². The van der Waals surface area contributed by atoms with E-state index in [9.17, 15) is 0 Å². The van der Waals surface area contributed by atoms with Gasteiger partial charge in [0.25, 0.3) is 0 Å². The highest BCUT2D eigenvalue weighted by Gasteiger charge is 2.05. The summed E-state index contributed by atoms with van der Waals surface area (Å²) >= 11 is 0. The van der Waals surface area contributed by atoms with Crippen molar-refractivity contribution in [2.45, 2.75) is 6.04 Å². The average molecular weight is 168 g/mol. The summed E-state index contributed by atoms with van der Waals surface area (Å²) in [5.41, 5.74) is 6.47. The first-order valence-electron chi connectivity index (χ1n) is 3.62. The molecule has 66 valence electrons. The van der Waals surface area contributed by atoms with Crippen LogP contribution in [-0.4, -0.2) is 23.8 Å². The summed E-state index contributed by atoms with van der Waals surface area (Å²) in [4.78, 5) is 3.80. The van der Waals surface area contributed by atoms with Crippen molar-refractivity contribution in [1.29, 1.82) is 0 Å². The van der Waals surface area contributed by atoms with Crippen LogP contribution >= 0.6 is 0 Å². The highest BCUT2D eigenvalue weighted by Crippen LogP contribution is 2.14. The summed E-state index contributed by atoms with van der Waals surface area (Å²) in [6.07, 6.45) is 2.98. The number of aromatic hydroxyl groups is 1. The fraction of sp³-hybridized carbons (Fsp3) is 0.375. The van der Waals surface area contributed by atoms with E-state index >= 15 is 0 Å². The van der Waals surface area contributed by atoms with E-state index in [1.807, 2.05) is 0 Å². The van der Waals surface area contributed by atoms with Gasteiger partial charge in [0.15, 0.2) is 0 Å². The molecule has 0 aliphatic rings. The standard InChI is InChI=1S/C8H12N2O2/c1-12-5-8(9)6-2-7(11)4-10-3-6/h2-4,8,11H,5,9H2,1H3. The Morgan fingerprint density at radius 2 is 2.42 bits per heavy atom. The zero-order valence-electron chi connectivity index (χ0n) is 6.90. The predicted molar refractivity (Wildman–Crippen MR) is 44.7 cm³/mol. The van der Waals surface area contributed by atoms with Gasteiger partial charge < -0.3 is 15.6 Å². The molecule has 1 aromatic heterocycles. The van der Waals surface area contributed by atoms with Crippen LogP contribution in [0.1, 0.15) is 11.6 Å². The molecule has 0 fully saturated rings. The monoisotopic (exact) mass is 168 g/mol. The van der Waals surface area contributed by atoms with Gasteiger partial charge in [-0.1, -0.05) is 0 Å². The smallest absolute Gasteiger partial charge is 0.134 e. The fourth-order valence-corrected chi connectivity index (χ4v) is 0.924. The second-order valence-corrected chi connectivity index (χ2v) is 2.54. The topological polar surface area (TPSA) is 68.4 Å². The van der Waals surface area contributed by atoms with E-state index in [0.717, 1.165) is 5.56 Å². The number of rotatable bonds is 3. The number of aromatic nitrogens is 1. The summed E-state index contributed by atoms with van der Waals surface area (Å²) in [5, 5.41) is 9.07. The van der Waals surface area contributed by atoms with Gasteiger partial charge in [-0.2, -0.15) is 0 Å². The first-order valence-corrected chi connectivity index (χ1v) is 3.62. The molecule has 1 rings (SSSR count). The largest absolute Gasteiger partial charge is 0.506 e. The van der Waals surface area contributed by atoms with Crippen molar-refractivity contribution in [1.82, 2.24) is 4.98 Å². The van der Waals surface area contributed by atoms with Gasteiger partial charge >= 0.3 is 0 Å². The van der Waals surface area contributed by atoms with Gasteiger partial charge in [0.05, 0.1) is 18.8 Å². The van der Waals surface area contributed by atoms with Crippen molar-refractivity contribution in [3.05, 3.63) is 24.0 Å². The van der Waals surface area contributed by atoms with Crippen molar-refractivity contribution in [3.63, 3.8) is 0 Å². The number of hydrogen-bond donors (Lipinski definition) is 2. The number of methoxy groups -OCH3 is 1. The van der Waals surface area contributed by atoms with E-state index in [2.05, 4.69) is 4.98 Å². The maximum absolute atomic E-state index is 9.07. The molecule has 0 aromatic carbocycles. The van der Waals surface area contributed by atoms with E-state index in [0.29, 0.717) is 6.61 Å². The first kappa shape index (κ1) is 8.96. The summed E-state index contributed by atoms with van der Waals surface area (Å²) in [5.74, 6) is 0.124. The summed E-state index contributed by atoms with van der Waals surface area (Å²) in [6, 6.07) is 1.35. The number of pyridine rings is 1. The first-order chi connectivity index (χ1) is 5.74. The Bertz CT molecular complexity index is 253. The Labute approximate surface area is 71.0 Å². The van der Waals surface area contributed by atoms with E-state index in [1.54, 1.807) is 19.4 Å². The van der Waals surface area contributed by atoms with Crippen LogP contribution in [0, 0.1) is 0 Å². The lowest BCUT2D eigenvalue weighted by molar-refractivity contribution is 0.180. The molecule has 12 heavy (non-hydrogen) atoms. The highest BCUT2D eigenvalue weighted by molar-refractivity contribution is 5.24. The normalized spacial score (nSPS) is 12.8. The van der Waals surface area contributed by atoms with E-state index in [-0.39, 0.29) is 11.8 Å². The summed E-state index contributed by atoms with van der Waals surface area (Å²) in [6.45, 7) is 0.422. The molecule has 1 atom stereocenters. The quantitative estimate of drug-likeness (QED) is 0.686. The minimum Gasteiger partial charge on any atom is -0.506 e. The Morgan fingerprint density at radius 1 is 1.67 bits per heavy atom. The molecule has 4 nitrogen and oxygen atoms in total. The molecule has 4 heteroatoms. The van der Waals surface area contributed by atoms with Crippen LogP contribution in [0.4, 0.5) is 0 Å². The fourth-order valence-electron chi connectivity index (χ4n) is 0.924. The Morgan fingerprint density at radius 3 is 3.00 bits per heavy atom. The third-order valence-corrected chi connectivity index (χ3v) is 1.52. The van der Waals surface area contributed by atoms with Crippen molar-refractivity contribution in [2.75, 3.05) is 13.7 Å². The molecule has 1 heterocycles. The Balaban J connectivity index is 2.73. The maximum atomic E-state index is 9.07. The maximum Gasteiger partial charge on any atom is 0.134 e. The van der Waals surface area contributed by atoms with E-state index < -0.39 is 0 Å². The molecule has 0 aliphatic heterocycles.